The summed E-state index contributed by atoms with van der Waals surface area (Å²) in [5, 5.41) is 9.10. The van der Waals surface area contributed by atoms with E-state index in [1.54, 1.807) is 22.7 Å². The van der Waals surface area contributed by atoms with Crippen LogP contribution in [0.1, 0.15) is 18.6 Å². The van der Waals surface area contributed by atoms with Crippen molar-refractivity contribution in [2.45, 2.75) is 18.4 Å². The minimum Gasteiger partial charge on any atom is -0.389 e. The molecular formula is C13H18FNO3S2. The van der Waals surface area contributed by atoms with E-state index in [2.05, 4.69) is 0 Å². The van der Waals surface area contributed by atoms with Crippen molar-refractivity contribution >= 4 is 27.3 Å². The zero-order valence-corrected chi connectivity index (χ0v) is 13.0. The Morgan fingerprint density at radius 2 is 2.20 bits per heavy atom. The lowest BCUT2D eigenvalue weighted by molar-refractivity contribution is 0.194. The number of anilines is 1. The molecule has 0 saturated carbocycles. The van der Waals surface area contributed by atoms with Gasteiger partial charge < -0.3 is 10.0 Å². The number of hydrogen-bond acceptors (Lipinski definition) is 5. The first-order chi connectivity index (χ1) is 9.32. The number of benzene rings is 1. The lowest BCUT2D eigenvalue weighted by Crippen LogP contribution is -2.47. The van der Waals surface area contributed by atoms with Gasteiger partial charge in [0.15, 0.2) is 9.84 Å². The molecule has 0 aromatic heterocycles. The largest absolute Gasteiger partial charge is 0.389 e. The van der Waals surface area contributed by atoms with Crippen molar-refractivity contribution in [3.8, 4) is 0 Å². The molecule has 1 N–H and O–H groups in total. The highest BCUT2D eigenvalue weighted by molar-refractivity contribution is 8.01. The van der Waals surface area contributed by atoms with Crippen molar-refractivity contribution in [1.29, 1.82) is 0 Å². The summed E-state index contributed by atoms with van der Waals surface area (Å²) in [6.45, 7) is 2.00. The SMILES string of the molecule is C[C@H](O)c1c(F)cccc1N1CCSCC1S(C)(=O)=O. The van der Waals surface area contributed by atoms with Crippen LogP contribution in [0.5, 0.6) is 0 Å². The van der Waals surface area contributed by atoms with E-state index in [1.807, 2.05) is 0 Å². The van der Waals surface area contributed by atoms with Gasteiger partial charge >= 0.3 is 0 Å². The summed E-state index contributed by atoms with van der Waals surface area (Å²) >= 11 is 1.57. The van der Waals surface area contributed by atoms with Gasteiger partial charge in [0.25, 0.3) is 0 Å². The van der Waals surface area contributed by atoms with Crippen LogP contribution in [0, 0.1) is 5.82 Å². The van der Waals surface area contributed by atoms with Crippen molar-refractivity contribution in [2.24, 2.45) is 0 Å². The summed E-state index contributed by atoms with van der Waals surface area (Å²) in [7, 11) is -3.28. The van der Waals surface area contributed by atoms with Gasteiger partial charge in [-0.25, -0.2) is 12.8 Å². The molecule has 4 nitrogen and oxygen atoms in total. The molecule has 0 spiro atoms. The smallest absolute Gasteiger partial charge is 0.169 e. The van der Waals surface area contributed by atoms with Crippen molar-refractivity contribution in [1.82, 2.24) is 0 Å². The van der Waals surface area contributed by atoms with Crippen LogP contribution in [-0.4, -0.2) is 43.2 Å². The maximum Gasteiger partial charge on any atom is 0.169 e. The molecule has 0 aliphatic carbocycles. The molecule has 7 heteroatoms. The van der Waals surface area contributed by atoms with E-state index in [-0.39, 0.29) is 5.56 Å². The molecule has 0 amide bonds. The Balaban J connectivity index is 2.51. The van der Waals surface area contributed by atoms with Crippen LogP contribution in [0.4, 0.5) is 10.1 Å². The summed E-state index contributed by atoms with van der Waals surface area (Å²) in [5.74, 6) is 0.721. The predicted molar refractivity (Wildman–Crippen MR) is 80.3 cm³/mol. The second-order valence-corrected chi connectivity index (χ2v) is 8.25. The standard InChI is InChI=1S/C13H18FNO3S2/c1-9(16)13-10(14)4-3-5-11(13)15-6-7-19-8-12(15)20(2,17)18/h3-5,9,12,16H,6-8H2,1-2H3/t9-,12?/m0/s1. The van der Waals surface area contributed by atoms with E-state index in [1.165, 1.54) is 25.3 Å². The molecule has 1 fully saturated rings. The van der Waals surface area contributed by atoms with Crippen LogP contribution in [0.2, 0.25) is 0 Å². The van der Waals surface area contributed by atoms with Gasteiger partial charge in [-0.1, -0.05) is 6.07 Å². The summed E-state index contributed by atoms with van der Waals surface area (Å²) < 4.78 is 37.8. The maximum absolute atomic E-state index is 13.9. The number of hydrogen-bond donors (Lipinski definition) is 1. The van der Waals surface area contributed by atoms with Crippen LogP contribution in [-0.2, 0) is 9.84 Å². The Kier molecular flexibility index (Phi) is 4.61. The third-order valence-corrected chi connectivity index (χ3v) is 5.98. The van der Waals surface area contributed by atoms with E-state index in [4.69, 9.17) is 0 Å². The minimum absolute atomic E-state index is 0.160. The van der Waals surface area contributed by atoms with Crippen molar-refractivity contribution in [3.05, 3.63) is 29.6 Å². The molecule has 20 heavy (non-hydrogen) atoms. The average molecular weight is 319 g/mol. The lowest BCUT2D eigenvalue weighted by Gasteiger charge is -2.37. The fourth-order valence-corrected chi connectivity index (χ4v) is 5.23. The molecular weight excluding hydrogens is 301 g/mol. The fourth-order valence-electron chi connectivity index (χ4n) is 2.40. The Hall–Kier alpha value is -0.790. The van der Waals surface area contributed by atoms with Gasteiger partial charge in [-0.05, 0) is 19.1 Å². The van der Waals surface area contributed by atoms with Crippen LogP contribution in [0.15, 0.2) is 18.2 Å². The van der Waals surface area contributed by atoms with E-state index < -0.39 is 27.1 Å². The molecule has 2 rings (SSSR count). The van der Waals surface area contributed by atoms with E-state index in [0.29, 0.717) is 18.0 Å². The van der Waals surface area contributed by atoms with Crippen molar-refractivity contribution < 1.29 is 17.9 Å². The van der Waals surface area contributed by atoms with E-state index >= 15 is 0 Å². The first-order valence-electron chi connectivity index (χ1n) is 6.32. The zero-order valence-electron chi connectivity index (χ0n) is 11.4. The normalized spacial score (nSPS) is 21.8. The molecule has 112 valence electrons. The molecule has 1 aromatic carbocycles. The Labute approximate surface area is 122 Å². The number of sulfone groups is 1. The summed E-state index contributed by atoms with van der Waals surface area (Å²) in [6.07, 6.45) is 0.207. The highest BCUT2D eigenvalue weighted by Gasteiger charge is 2.33. The minimum atomic E-state index is -3.28. The van der Waals surface area contributed by atoms with Crippen LogP contribution < -0.4 is 4.90 Å². The fraction of sp³-hybridized carbons (Fsp3) is 0.538. The van der Waals surface area contributed by atoms with Crippen LogP contribution in [0.25, 0.3) is 0 Å². The third-order valence-electron chi connectivity index (χ3n) is 3.34. The number of aliphatic hydroxyl groups excluding tert-OH is 1. The molecule has 1 heterocycles. The van der Waals surface area contributed by atoms with Crippen LogP contribution >= 0.6 is 11.8 Å². The second-order valence-electron chi connectivity index (χ2n) is 4.90. The van der Waals surface area contributed by atoms with Gasteiger partial charge in [0.1, 0.15) is 11.2 Å². The van der Waals surface area contributed by atoms with E-state index in [0.717, 1.165) is 5.75 Å². The highest BCUT2D eigenvalue weighted by Crippen LogP contribution is 2.33. The topological polar surface area (TPSA) is 57.6 Å². The Morgan fingerprint density at radius 1 is 1.50 bits per heavy atom. The number of nitrogens with zero attached hydrogens (tertiary/aromatic N) is 1. The number of halogens is 1. The molecule has 1 aliphatic heterocycles. The van der Waals surface area contributed by atoms with Crippen molar-refractivity contribution in [3.63, 3.8) is 0 Å². The van der Waals surface area contributed by atoms with E-state index in [9.17, 15) is 17.9 Å². The summed E-state index contributed by atoms with van der Waals surface area (Å²) in [5.41, 5.74) is 0.628. The first kappa shape index (κ1) is 15.6. The van der Waals surface area contributed by atoms with Gasteiger partial charge in [0, 0.05) is 35.6 Å². The first-order valence-corrected chi connectivity index (χ1v) is 9.43. The number of thioether (sulfide) groups is 1. The molecule has 1 aromatic rings. The molecule has 0 radical (unpaired) electrons. The maximum atomic E-state index is 13.9. The number of aliphatic hydroxyl groups is 1. The van der Waals surface area contributed by atoms with Crippen LogP contribution in [0.3, 0.4) is 0 Å². The Bertz CT molecular complexity index is 589. The predicted octanol–water partition coefficient (Wildman–Crippen LogP) is 1.80. The van der Waals surface area contributed by atoms with Gasteiger partial charge in [-0.3, -0.25) is 0 Å². The van der Waals surface area contributed by atoms with Crippen molar-refractivity contribution in [2.75, 3.05) is 29.2 Å². The van der Waals surface area contributed by atoms with Gasteiger partial charge in [-0.15, -0.1) is 0 Å². The summed E-state index contributed by atoms with van der Waals surface area (Å²) in [6, 6.07) is 4.48. The summed E-state index contributed by atoms with van der Waals surface area (Å²) in [4.78, 5) is 1.69. The number of rotatable bonds is 3. The average Bonchev–Trinajstić information content (AvgIpc) is 2.37. The Morgan fingerprint density at radius 3 is 2.80 bits per heavy atom. The quantitative estimate of drug-likeness (QED) is 0.921. The second kappa shape index (κ2) is 5.91. The molecule has 2 atom stereocenters. The van der Waals surface area contributed by atoms with Gasteiger partial charge in [0.05, 0.1) is 6.10 Å². The third kappa shape index (κ3) is 3.10. The molecule has 1 unspecified atom stereocenters. The highest BCUT2D eigenvalue weighted by atomic mass is 32.2. The molecule has 1 aliphatic rings. The van der Waals surface area contributed by atoms with Gasteiger partial charge in [-0.2, -0.15) is 11.8 Å². The molecule has 1 saturated heterocycles. The monoisotopic (exact) mass is 319 g/mol. The lowest BCUT2D eigenvalue weighted by atomic mass is 10.1. The zero-order chi connectivity index (χ0) is 14.9. The van der Waals surface area contributed by atoms with Gasteiger partial charge in [0.2, 0.25) is 0 Å². The molecule has 0 bridgehead atoms.